The summed E-state index contributed by atoms with van der Waals surface area (Å²) in [6, 6.07) is 3.20. The molecule has 1 aromatic carbocycles. The number of hydrogen-bond donors (Lipinski definition) is 1. The highest BCUT2D eigenvalue weighted by Gasteiger charge is 2.12. The van der Waals surface area contributed by atoms with Crippen LogP contribution in [0.4, 0.5) is 14.5 Å². The lowest BCUT2D eigenvalue weighted by Crippen LogP contribution is -2.26. The minimum Gasteiger partial charge on any atom is -0.323 e. The van der Waals surface area contributed by atoms with Crippen molar-refractivity contribution in [2.24, 2.45) is 0 Å². The maximum atomic E-state index is 13.5. The van der Waals surface area contributed by atoms with Gasteiger partial charge < -0.3 is 9.88 Å². The molecule has 1 amide bonds. The highest BCUT2D eigenvalue weighted by atomic mass is 19.1. The molecule has 0 spiro atoms. The summed E-state index contributed by atoms with van der Waals surface area (Å²) in [5.41, 5.74) is -0.151. The molecule has 2 rings (SSSR count). The second-order valence-electron chi connectivity index (χ2n) is 5.91. The Hall–Kier alpha value is -2.35. The van der Waals surface area contributed by atoms with Crippen LogP contribution in [0.3, 0.4) is 0 Å². The van der Waals surface area contributed by atoms with Gasteiger partial charge in [-0.1, -0.05) is 0 Å². The number of aromatic nitrogens is 3. The van der Waals surface area contributed by atoms with Gasteiger partial charge in [0.05, 0.1) is 12.2 Å². The first-order chi connectivity index (χ1) is 11.4. The second-order valence-corrected chi connectivity index (χ2v) is 5.91. The quantitative estimate of drug-likeness (QED) is 0.843. The Balaban J connectivity index is 1.85. The molecule has 0 radical (unpaired) electrons. The minimum absolute atomic E-state index is 0.151. The van der Waals surface area contributed by atoms with E-state index in [4.69, 9.17) is 0 Å². The zero-order chi connectivity index (χ0) is 17.7. The van der Waals surface area contributed by atoms with Gasteiger partial charge >= 0.3 is 0 Å². The number of nitrogens with one attached hydrogen (secondary N) is 1. The first-order valence-corrected chi connectivity index (χ1v) is 7.68. The van der Waals surface area contributed by atoms with Gasteiger partial charge in [0.25, 0.3) is 0 Å². The van der Waals surface area contributed by atoms with Crippen LogP contribution in [0.15, 0.2) is 24.5 Å². The summed E-state index contributed by atoms with van der Waals surface area (Å²) >= 11 is 0. The van der Waals surface area contributed by atoms with Crippen LogP contribution < -0.4 is 5.32 Å². The van der Waals surface area contributed by atoms with Crippen molar-refractivity contribution in [1.82, 2.24) is 19.7 Å². The Morgan fingerprint density at radius 2 is 2.12 bits per heavy atom. The van der Waals surface area contributed by atoms with Crippen molar-refractivity contribution in [1.29, 1.82) is 0 Å². The lowest BCUT2D eigenvalue weighted by Gasteiger charge is -2.17. The monoisotopic (exact) mass is 337 g/mol. The Bertz CT molecular complexity index is 702. The average molecular weight is 337 g/mol. The van der Waals surface area contributed by atoms with Crippen molar-refractivity contribution in [2.45, 2.75) is 32.9 Å². The van der Waals surface area contributed by atoms with Crippen molar-refractivity contribution < 1.29 is 13.6 Å². The minimum atomic E-state index is -0.664. The SMILES string of the molecule is CC(C)n1cnnc1CN(C)CCC(=O)Nc1cc(F)ccc1F. The van der Waals surface area contributed by atoms with Crippen LogP contribution in [0.2, 0.25) is 0 Å². The largest absolute Gasteiger partial charge is 0.323 e. The van der Waals surface area contributed by atoms with E-state index in [0.717, 1.165) is 24.0 Å². The van der Waals surface area contributed by atoms with E-state index in [9.17, 15) is 13.6 Å². The maximum absolute atomic E-state index is 13.5. The van der Waals surface area contributed by atoms with Gasteiger partial charge in [-0.3, -0.25) is 9.69 Å². The number of anilines is 1. The summed E-state index contributed by atoms with van der Waals surface area (Å²) < 4.78 is 28.5. The van der Waals surface area contributed by atoms with E-state index in [1.807, 2.05) is 30.4 Å². The fraction of sp³-hybridized carbons (Fsp3) is 0.438. The second kappa shape index (κ2) is 7.96. The number of benzene rings is 1. The molecule has 2 aromatic rings. The molecule has 24 heavy (non-hydrogen) atoms. The smallest absolute Gasteiger partial charge is 0.225 e. The van der Waals surface area contributed by atoms with Crippen molar-refractivity contribution in [3.05, 3.63) is 42.0 Å². The summed E-state index contributed by atoms with van der Waals surface area (Å²) in [5.74, 6) is -0.833. The molecule has 1 heterocycles. The van der Waals surface area contributed by atoms with Gasteiger partial charge in [-0.25, -0.2) is 8.78 Å². The predicted molar refractivity (Wildman–Crippen MR) is 86.3 cm³/mol. The van der Waals surface area contributed by atoms with E-state index in [1.165, 1.54) is 0 Å². The number of hydrogen-bond acceptors (Lipinski definition) is 4. The summed E-state index contributed by atoms with van der Waals surface area (Å²) in [7, 11) is 1.86. The summed E-state index contributed by atoms with van der Waals surface area (Å²) in [6.07, 6.45) is 1.83. The van der Waals surface area contributed by atoms with Gasteiger partial charge in [-0.2, -0.15) is 0 Å². The third-order valence-electron chi connectivity index (χ3n) is 3.54. The first-order valence-electron chi connectivity index (χ1n) is 7.68. The van der Waals surface area contributed by atoms with Crippen LogP contribution in [0.1, 0.15) is 32.1 Å². The fourth-order valence-electron chi connectivity index (χ4n) is 2.23. The standard InChI is InChI=1S/C16H21F2N5O/c1-11(2)23-10-19-21-15(23)9-22(3)7-6-16(24)20-14-8-12(17)4-5-13(14)18/h4-5,8,10-11H,6-7,9H2,1-3H3,(H,20,24). The highest BCUT2D eigenvalue weighted by Crippen LogP contribution is 2.15. The van der Waals surface area contributed by atoms with Crippen LogP contribution in [0.5, 0.6) is 0 Å². The number of carbonyl (C=O) groups excluding carboxylic acids is 1. The predicted octanol–water partition coefficient (Wildman–Crippen LogP) is 2.60. The molecule has 0 saturated carbocycles. The number of rotatable bonds is 7. The Labute approximate surface area is 139 Å². The van der Waals surface area contributed by atoms with Crippen molar-refractivity contribution >= 4 is 11.6 Å². The highest BCUT2D eigenvalue weighted by molar-refractivity contribution is 5.90. The molecule has 1 aromatic heterocycles. The van der Waals surface area contributed by atoms with Crippen LogP contribution in [-0.4, -0.2) is 39.2 Å². The van der Waals surface area contributed by atoms with Gasteiger partial charge in [-0.05, 0) is 33.0 Å². The van der Waals surface area contributed by atoms with Crippen molar-refractivity contribution in [3.63, 3.8) is 0 Å². The zero-order valence-corrected chi connectivity index (χ0v) is 14.0. The molecule has 0 unspecified atom stereocenters. The average Bonchev–Trinajstić information content (AvgIpc) is 2.97. The summed E-state index contributed by atoms with van der Waals surface area (Å²) in [5, 5.41) is 10.3. The number of amides is 1. The summed E-state index contributed by atoms with van der Waals surface area (Å²) in [4.78, 5) is 13.8. The zero-order valence-electron chi connectivity index (χ0n) is 14.0. The lowest BCUT2D eigenvalue weighted by atomic mass is 10.2. The van der Waals surface area contributed by atoms with E-state index in [-0.39, 0.29) is 24.1 Å². The van der Waals surface area contributed by atoms with E-state index >= 15 is 0 Å². The van der Waals surface area contributed by atoms with Crippen molar-refractivity contribution in [2.75, 3.05) is 18.9 Å². The molecule has 130 valence electrons. The number of halogens is 2. The van der Waals surface area contributed by atoms with Gasteiger partial charge in [0, 0.05) is 25.1 Å². The third-order valence-corrected chi connectivity index (χ3v) is 3.54. The van der Waals surface area contributed by atoms with Gasteiger partial charge in [0.1, 0.15) is 23.8 Å². The number of nitrogens with zero attached hydrogens (tertiary/aromatic N) is 4. The molecule has 1 N–H and O–H groups in total. The number of carbonyl (C=O) groups is 1. The van der Waals surface area contributed by atoms with Crippen LogP contribution in [-0.2, 0) is 11.3 Å². The summed E-state index contributed by atoms with van der Waals surface area (Å²) in [6.45, 7) is 5.06. The van der Waals surface area contributed by atoms with Gasteiger partial charge in [0.2, 0.25) is 5.91 Å². The molecule has 0 aliphatic carbocycles. The van der Waals surface area contributed by atoms with Gasteiger partial charge in [-0.15, -0.1) is 10.2 Å². The molecule has 0 bridgehead atoms. The Kier molecular flexibility index (Phi) is 5.97. The van der Waals surface area contributed by atoms with Crippen LogP contribution in [0.25, 0.3) is 0 Å². The molecule has 8 heteroatoms. The molecule has 0 saturated heterocycles. The van der Waals surface area contributed by atoms with Crippen molar-refractivity contribution in [3.8, 4) is 0 Å². The molecule has 0 aliphatic rings. The molecular weight excluding hydrogens is 316 g/mol. The molecule has 0 fully saturated rings. The lowest BCUT2D eigenvalue weighted by molar-refractivity contribution is -0.116. The van der Waals surface area contributed by atoms with Crippen LogP contribution >= 0.6 is 0 Å². The Morgan fingerprint density at radius 1 is 1.38 bits per heavy atom. The van der Waals surface area contributed by atoms with Gasteiger partial charge in [0.15, 0.2) is 0 Å². The first kappa shape index (κ1) is 18.0. The molecule has 0 aliphatic heterocycles. The van der Waals surface area contributed by atoms with E-state index in [2.05, 4.69) is 15.5 Å². The third kappa shape index (κ3) is 4.82. The normalized spacial score (nSPS) is 11.3. The molecule has 6 nitrogen and oxygen atoms in total. The molecular formula is C16H21F2N5O. The maximum Gasteiger partial charge on any atom is 0.225 e. The van der Waals surface area contributed by atoms with E-state index < -0.39 is 11.6 Å². The van der Waals surface area contributed by atoms with Crippen LogP contribution in [0, 0.1) is 11.6 Å². The van der Waals surface area contributed by atoms with E-state index in [1.54, 1.807) is 6.33 Å². The Morgan fingerprint density at radius 3 is 2.83 bits per heavy atom. The fourth-order valence-corrected chi connectivity index (χ4v) is 2.23. The molecule has 0 atom stereocenters. The topological polar surface area (TPSA) is 63.1 Å². The van der Waals surface area contributed by atoms with E-state index in [0.29, 0.717) is 13.1 Å².